The molecular weight excluding hydrogens is 300 g/mol. The molecule has 2 nitrogen and oxygen atoms in total. The number of rotatable bonds is 4. The predicted molar refractivity (Wildman–Crippen MR) is 83.8 cm³/mol. The summed E-state index contributed by atoms with van der Waals surface area (Å²) in [6.07, 6.45) is 5.96. The van der Waals surface area contributed by atoms with Gasteiger partial charge >= 0.3 is 0 Å². The standard InChI is InChI=1S/C16H23BrN2/c1-19(9-12-3-5-16(18)15(17)8-12)10-14-7-11-2-4-13(14)6-11/h3,5,8,11,13-14H,2,4,6-7,9-10,18H2,1H3. The summed E-state index contributed by atoms with van der Waals surface area (Å²) in [5, 5.41) is 0. The van der Waals surface area contributed by atoms with Gasteiger partial charge in [-0.2, -0.15) is 0 Å². The average molecular weight is 323 g/mol. The first kappa shape index (κ1) is 13.4. The molecule has 3 unspecified atom stereocenters. The molecule has 1 aromatic rings. The Bertz CT molecular complexity index is 460. The summed E-state index contributed by atoms with van der Waals surface area (Å²) in [4.78, 5) is 2.48. The molecule has 0 aromatic heterocycles. The maximum atomic E-state index is 5.83. The van der Waals surface area contributed by atoms with E-state index in [9.17, 15) is 0 Å². The first-order valence-electron chi connectivity index (χ1n) is 7.34. The lowest BCUT2D eigenvalue weighted by Gasteiger charge is -2.27. The minimum absolute atomic E-state index is 0.819. The highest BCUT2D eigenvalue weighted by atomic mass is 79.9. The van der Waals surface area contributed by atoms with E-state index in [1.165, 1.54) is 37.8 Å². The molecule has 2 fully saturated rings. The summed E-state index contributed by atoms with van der Waals surface area (Å²) in [7, 11) is 2.25. The van der Waals surface area contributed by atoms with Gasteiger partial charge in [0.2, 0.25) is 0 Å². The molecule has 0 amide bonds. The summed E-state index contributed by atoms with van der Waals surface area (Å²) in [5.41, 5.74) is 7.99. The van der Waals surface area contributed by atoms with Crippen molar-refractivity contribution in [3.63, 3.8) is 0 Å². The van der Waals surface area contributed by atoms with Crippen LogP contribution in [0.25, 0.3) is 0 Å². The van der Waals surface area contributed by atoms with Gasteiger partial charge in [-0.25, -0.2) is 0 Å². The molecule has 2 N–H and O–H groups in total. The monoisotopic (exact) mass is 322 g/mol. The van der Waals surface area contributed by atoms with Gasteiger partial charge in [0, 0.05) is 23.2 Å². The number of fused-ring (bicyclic) bond motifs is 2. The quantitative estimate of drug-likeness (QED) is 0.852. The molecule has 2 aliphatic carbocycles. The van der Waals surface area contributed by atoms with Crippen molar-refractivity contribution in [3.05, 3.63) is 28.2 Å². The third-order valence-corrected chi connectivity index (χ3v) is 5.63. The summed E-state index contributed by atoms with van der Waals surface area (Å²) < 4.78 is 1.01. The van der Waals surface area contributed by atoms with Crippen LogP contribution in [0.15, 0.2) is 22.7 Å². The van der Waals surface area contributed by atoms with Gasteiger partial charge in [-0.1, -0.05) is 12.5 Å². The van der Waals surface area contributed by atoms with Gasteiger partial charge in [-0.05, 0) is 77.7 Å². The lowest BCUT2D eigenvalue weighted by molar-refractivity contribution is 0.214. The summed E-state index contributed by atoms with van der Waals surface area (Å²) >= 11 is 3.51. The molecule has 2 bridgehead atoms. The molecule has 0 aliphatic heterocycles. The zero-order valence-electron chi connectivity index (χ0n) is 11.6. The van der Waals surface area contributed by atoms with Crippen LogP contribution in [-0.4, -0.2) is 18.5 Å². The van der Waals surface area contributed by atoms with Gasteiger partial charge < -0.3 is 10.6 Å². The van der Waals surface area contributed by atoms with Crippen LogP contribution in [0.3, 0.4) is 0 Å². The lowest BCUT2D eigenvalue weighted by atomic mass is 9.88. The number of anilines is 1. The molecule has 3 atom stereocenters. The van der Waals surface area contributed by atoms with Crippen molar-refractivity contribution < 1.29 is 0 Å². The zero-order valence-corrected chi connectivity index (χ0v) is 13.2. The molecule has 1 aromatic carbocycles. The molecule has 2 saturated carbocycles. The van der Waals surface area contributed by atoms with E-state index >= 15 is 0 Å². The van der Waals surface area contributed by atoms with Gasteiger partial charge in [0.15, 0.2) is 0 Å². The average Bonchev–Trinajstić information content (AvgIpc) is 2.96. The first-order chi connectivity index (χ1) is 9.11. The third kappa shape index (κ3) is 2.97. The Morgan fingerprint density at radius 2 is 2.16 bits per heavy atom. The lowest BCUT2D eigenvalue weighted by Crippen LogP contribution is -2.28. The van der Waals surface area contributed by atoms with Gasteiger partial charge in [0.1, 0.15) is 0 Å². The SMILES string of the molecule is CN(Cc1ccc(N)c(Br)c1)CC1CC2CCC1C2. The molecule has 0 radical (unpaired) electrons. The number of nitrogens with zero attached hydrogens (tertiary/aromatic N) is 1. The van der Waals surface area contributed by atoms with Crippen molar-refractivity contribution >= 4 is 21.6 Å². The van der Waals surface area contributed by atoms with E-state index in [1.807, 2.05) is 6.07 Å². The minimum Gasteiger partial charge on any atom is -0.398 e. The van der Waals surface area contributed by atoms with E-state index < -0.39 is 0 Å². The molecule has 0 saturated heterocycles. The number of nitrogen functional groups attached to an aromatic ring is 1. The van der Waals surface area contributed by atoms with Crippen LogP contribution >= 0.6 is 15.9 Å². The molecule has 3 rings (SSSR count). The predicted octanol–water partition coefficient (Wildman–Crippen LogP) is 3.90. The van der Waals surface area contributed by atoms with Crippen LogP contribution in [0.1, 0.15) is 31.2 Å². The second-order valence-corrected chi connectivity index (χ2v) is 7.34. The number of hydrogen-bond acceptors (Lipinski definition) is 2. The fourth-order valence-corrected chi connectivity index (χ4v) is 4.47. The van der Waals surface area contributed by atoms with E-state index in [0.29, 0.717) is 0 Å². The Kier molecular flexibility index (Phi) is 3.86. The van der Waals surface area contributed by atoms with Crippen LogP contribution in [0.5, 0.6) is 0 Å². The van der Waals surface area contributed by atoms with Crippen molar-refractivity contribution in [2.45, 2.75) is 32.2 Å². The summed E-state index contributed by atoms with van der Waals surface area (Å²) in [6.45, 7) is 2.27. The van der Waals surface area contributed by atoms with E-state index in [0.717, 1.165) is 34.5 Å². The van der Waals surface area contributed by atoms with Crippen LogP contribution in [0, 0.1) is 17.8 Å². The van der Waals surface area contributed by atoms with E-state index in [2.05, 4.69) is 40.0 Å². The topological polar surface area (TPSA) is 29.3 Å². The molecular formula is C16H23BrN2. The highest BCUT2D eigenvalue weighted by molar-refractivity contribution is 9.10. The third-order valence-electron chi connectivity index (χ3n) is 4.95. The number of hydrogen-bond donors (Lipinski definition) is 1. The maximum absolute atomic E-state index is 5.83. The zero-order chi connectivity index (χ0) is 13.4. The van der Waals surface area contributed by atoms with E-state index in [4.69, 9.17) is 5.73 Å². The summed E-state index contributed by atoms with van der Waals surface area (Å²) in [6, 6.07) is 6.27. The Morgan fingerprint density at radius 1 is 1.32 bits per heavy atom. The normalized spacial score (nSPS) is 29.3. The van der Waals surface area contributed by atoms with Gasteiger partial charge in [-0.3, -0.25) is 0 Å². The van der Waals surface area contributed by atoms with Crippen molar-refractivity contribution in [3.8, 4) is 0 Å². The van der Waals surface area contributed by atoms with Crippen molar-refractivity contribution in [1.82, 2.24) is 4.90 Å². The molecule has 0 spiro atoms. The molecule has 3 heteroatoms. The highest BCUT2D eigenvalue weighted by Gasteiger charge is 2.39. The van der Waals surface area contributed by atoms with E-state index in [-0.39, 0.29) is 0 Å². The second kappa shape index (κ2) is 5.45. The molecule has 19 heavy (non-hydrogen) atoms. The minimum atomic E-state index is 0.819. The molecule has 2 aliphatic rings. The van der Waals surface area contributed by atoms with Crippen LogP contribution in [0.4, 0.5) is 5.69 Å². The first-order valence-corrected chi connectivity index (χ1v) is 8.13. The van der Waals surface area contributed by atoms with Gasteiger partial charge in [0.25, 0.3) is 0 Å². The Labute approximate surface area is 124 Å². The smallest absolute Gasteiger partial charge is 0.0458 e. The number of benzene rings is 1. The number of halogens is 1. The van der Waals surface area contributed by atoms with Crippen LogP contribution < -0.4 is 5.73 Å². The van der Waals surface area contributed by atoms with Crippen LogP contribution in [0.2, 0.25) is 0 Å². The second-order valence-electron chi connectivity index (χ2n) is 6.49. The molecule has 0 heterocycles. The fourth-order valence-electron chi connectivity index (χ4n) is 4.05. The summed E-state index contributed by atoms with van der Waals surface area (Å²) in [5.74, 6) is 3.01. The highest BCUT2D eigenvalue weighted by Crippen LogP contribution is 2.48. The van der Waals surface area contributed by atoms with Gasteiger partial charge in [-0.15, -0.1) is 0 Å². The van der Waals surface area contributed by atoms with Crippen LogP contribution in [-0.2, 0) is 6.54 Å². The maximum Gasteiger partial charge on any atom is 0.0458 e. The Morgan fingerprint density at radius 3 is 2.79 bits per heavy atom. The molecule has 104 valence electrons. The van der Waals surface area contributed by atoms with Crippen molar-refractivity contribution in [2.75, 3.05) is 19.3 Å². The van der Waals surface area contributed by atoms with E-state index in [1.54, 1.807) is 0 Å². The Hall–Kier alpha value is -0.540. The largest absolute Gasteiger partial charge is 0.398 e. The van der Waals surface area contributed by atoms with Crippen molar-refractivity contribution in [1.29, 1.82) is 0 Å². The number of nitrogens with two attached hydrogens (primary N) is 1. The fraction of sp³-hybridized carbons (Fsp3) is 0.625. The Balaban J connectivity index is 1.56. The van der Waals surface area contributed by atoms with Crippen molar-refractivity contribution in [2.24, 2.45) is 17.8 Å². The van der Waals surface area contributed by atoms with Gasteiger partial charge in [0.05, 0.1) is 0 Å².